The van der Waals surface area contributed by atoms with Gasteiger partial charge in [0.05, 0.1) is 18.5 Å². The van der Waals surface area contributed by atoms with Gasteiger partial charge >= 0.3 is 5.97 Å². The molecule has 4 aromatic rings. The Kier molecular flexibility index (Phi) is 6.79. The molecule has 0 bridgehead atoms. The van der Waals surface area contributed by atoms with E-state index in [2.05, 4.69) is 50.2 Å². The van der Waals surface area contributed by atoms with Crippen molar-refractivity contribution in [2.75, 3.05) is 6.61 Å². The van der Waals surface area contributed by atoms with E-state index in [-0.39, 0.29) is 24.5 Å². The molecule has 0 saturated heterocycles. The van der Waals surface area contributed by atoms with Crippen LogP contribution in [0.4, 0.5) is 0 Å². The fraction of sp³-hybridized carbons (Fsp3) is 0.333. The van der Waals surface area contributed by atoms with Crippen LogP contribution in [0, 0.1) is 0 Å². The summed E-state index contributed by atoms with van der Waals surface area (Å²) in [4.78, 5) is 12.1. The molecular weight excluding hydrogens is 450 g/mol. The molecule has 1 unspecified atom stereocenters. The number of carbonyl (C=O) groups excluding carboxylic acids is 1. The van der Waals surface area contributed by atoms with E-state index < -0.39 is 0 Å². The maximum absolute atomic E-state index is 12.1. The first-order valence-electron chi connectivity index (χ1n) is 12.7. The molecule has 1 atom stereocenters. The molecule has 1 aliphatic carbocycles. The Labute approximate surface area is 212 Å². The summed E-state index contributed by atoms with van der Waals surface area (Å²) in [7, 11) is 0. The smallest absolute Gasteiger partial charge is 0.310 e. The molecule has 0 spiro atoms. The lowest BCUT2D eigenvalue weighted by molar-refractivity contribution is -0.142. The highest BCUT2D eigenvalue weighted by Crippen LogP contribution is 2.35. The first-order chi connectivity index (χ1) is 17.4. The SMILES string of the molecule is CCOC(=O)Cc1ccccc1OCc1nn(C(C)C)c2ccc(-c3ccc4c(c3)C(N)CC4)cc12. The Morgan fingerprint density at radius 2 is 1.89 bits per heavy atom. The van der Waals surface area contributed by atoms with Crippen LogP contribution in [0.15, 0.2) is 60.7 Å². The number of nitrogens with two attached hydrogens (primary N) is 1. The summed E-state index contributed by atoms with van der Waals surface area (Å²) in [6, 6.07) is 21.1. The van der Waals surface area contributed by atoms with Crippen LogP contribution in [-0.2, 0) is 29.0 Å². The second kappa shape index (κ2) is 10.2. The standard InChI is InChI=1S/C30H33N3O3/c1-4-35-30(34)17-23-7-5-6-8-29(23)36-18-27-25-16-22(12-14-28(25)33(32-27)19(2)3)21-10-9-20-11-13-26(31)24(20)15-21/h5-10,12,14-16,19,26H,4,11,13,17-18,31H2,1-3H3. The van der Waals surface area contributed by atoms with Crippen molar-refractivity contribution in [3.05, 3.63) is 83.0 Å². The van der Waals surface area contributed by atoms with E-state index in [0.717, 1.165) is 46.1 Å². The van der Waals surface area contributed by atoms with Gasteiger partial charge in [0.25, 0.3) is 0 Å². The van der Waals surface area contributed by atoms with Crippen LogP contribution in [0.2, 0.25) is 0 Å². The quantitative estimate of drug-likeness (QED) is 0.315. The van der Waals surface area contributed by atoms with Crippen molar-refractivity contribution in [3.63, 3.8) is 0 Å². The summed E-state index contributed by atoms with van der Waals surface area (Å²) in [6.45, 7) is 6.72. The lowest BCUT2D eigenvalue weighted by Crippen LogP contribution is -2.09. The van der Waals surface area contributed by atoms with Crippen LogP contribution in [0.1, 0.15) is 61.7 Å². The van der Waals surface area contributed by atoms with Crippen LogP contribution in [-0.4, -0.2) is 22.4 Å². The molecule has 0 saturated carbocycles. The Hall–Kier alpha value is -3.64. The van der Waals surface area contributed by atoms with Gasteiger partial charge in [0.1, 0.15) is 18.1 Å². The predicted octanol–water partition coefficient (Wildman–Crippen LogP) is 5.91. The molecule has 186 valence electrons. The van der Waals surface area contributed by atoms with Gasteiger partial charge in [-0.25, -0.2) is 0 Å². The lowest BCUT2D eigenvalue weighted by atomic mass is 9.98. The number of carbonyl (C=O) groups is 1. The predicted molar refractivity (Wildman–Crippen MR) is 142 cm³/mol. The summed E-state index contributed by atoms with van der Waals surface area (Å²) in [5, 5.41) is 5.97. The van der Waals surface area contributed by atoms with E-state index in [4.69, 9.17) is 20.3 Å². The highest BCUT2D eigenvalue weighted by Gasteiger charge is 2.20. The Bertz CT molecular complexity index is 1410. The third-order valence-corrected chi connectivity index (χ3v) is 6.85. The molecule has 0 aliphatic heterocycles. The van der Waals surface area contributed by atoms with Crippen LogP contribution in [0.3, 0.4) is 0 Å². The molecule has 2 N–H and O–H groups in total. The molecule has 1 heterocycles. The van der Waals surface area contributed by atoms with Crippen molar-refractivity contribution in [3.8, 4) is 16.9 Å². The number of rotatable bonds is 8. The average Bonchev–Trinajstić information content (AvgIpc) is 3.43. The third kappa shape index (κ3) is 4.73. The summed E-state index contributed by atoms with van der Waals surface area (Å²) in [6.07, 6.45) is 2.24. The van der Waals surface area contributed by atoms with Gasteiger partial charge in [-0.1, -0.05) is 36.4 Å². The fourth-order valence-corrected chi connectivity index (χ4v) is 5.00. The molecule has 1 aromatic heterocycles. The molecule has 1 aliphatic rings. The van der Waals surface area contributed by atoms with Crippen LogP contribution >= 0.6 is 0 Å². The van der Waals surface area contributed by atoms with Crippen molar-refractivity contribution in [1.29, 1.82) is 0 Å². The molecule has 0 radical (unpaired) electrons. The number of hydrogen-bond acceptors (Lipinski definition) is 5. The van der Waals surface area contributed by atoms with Crippen molar-refractivity contribution in [1.82, 2.24) is 9.78 Å². The van der Waals surface area contributed by atoms with Crippen molar-refractivity contribution >= 4 is 16.9 Å². The minimum Gasteiger partial charge on any atom is -0.487 e. The first-order valence-corrected chi connectivity index (χ1v) is 12.7. The number of para-hydroxylation sites is 1. The molecule has 6 heteroatoms. The number of esters is 1. The largest absolute Gasteiger partial charge is 0.487 e. The van der Waals surface area contributed by atoms with Crippen LogP contribution in [0.5, 0.6) is 5.75 Å². The molecule has 0 fully saturated rings. The highest BCUT2D eigenvalue weighted by molar-refractivity contribution is 5.87. The Balaban J connectivity index is 1.47. The van der Waals surface area contributed by atoms with Crippen molar-refractivity contribution in [2.45, 2.75) is 58.7 Å². The second-order valence-corrected chi connectivity index (χ2v) is 9.65. The normalized spacial score (nSPS) is 14.9. The number of aromatic nitrogens is 2. The zero-order valence-corrected chi connectivity index (χ0v) is 21.2. The second-order valence-electron chi connectivity index (χ2n) is 9.65. The number of ether oxygens (including phenoxy) is 2. The van der Waals surface area contributed by atoms with Gasteiger partial charge in [-0.2, -0.15) is 5.10 Å². The topological polar surface area (TPSA) is 79.4 Å². The Morgan fingerprint density at radius 1 is 1.11 bits per heavy atom. The zero-order chi connectivity index (χ0) is 25.2. The average molecular weight is 484 g/mol. The first kappa shape index (κ1) is 24.1. The van der Waals surface area contributed by atoms with Gasteiger partial charge < -0.3 is 15.2 Å². The molecule has 6 nitrogen and oxygen atoms in total. The van der Waals surface area contributed by atoms with Gasteiger partial charge in [-0.05, 0) is 80.1 Å². The summed E-state index contributed by atoms with van der Waals surface area (Å²) in [5.74, 6) is 0.406. The number of nitrogens with zero attached hydrogens (tertiary/aromatic N) is 2. The van der Waals surface area contributed by atoms with Gasteiger partial charge in [0.2, 0.25) is 0 Å². The van der Waals surface area contributed by atoms with E-state index in [9.17, 15) is 4.79 Å². The minimum absolute atomic E-state index is 0.117. The van der Waals surface area contributed by atoms with Gasteiger partial charge in [0, 0.05) is 23.0 Å². The summed E-state index contributed by atoms with van der Waals surface area (Å²) >= 11 is 0. The Morgan fingerprint density at radius 3 is 2.69 bits per heavy atom. The highest BCUT2D eigenvalue weighted by atomic mass is 16.5. The van der Waals surface area contributed by atoms with Gasteiger partial charge in [0.15, 0.2) is 0 Å². The van der Waals surface area contributed by atoms with Crippen LogP contribution < -0.4 is 10.5 Å². The fourth-order valence-electron chi connectivity index (χ4n) is 5.00. The number of hydrogen-bond donors (Lipinski definition) is 1. The van der Waals surface area contributed by atoms with E-state index in [1.54, 1.807) is 0 Å². The van der Waals surface area contributed by atoms with Gasteiger partial charge in [-0.15, -0.1) is 0 Å². The van der Waals surface area contributed by atoms with Crippen LogP contribution in [0.25, 0.3) is 22.0 Å². The van der Waals surface area contributed by atoms with E-state index in [1.807, 2.05) is 35.9 Å². The molecule has 0 amide bonds. The molecule has 5 rings (SSSR count). The van der Waals surface area contributed by atoms with Crippen molar-refractivity contribution < 1.29 is 14.3 Å². The lowest BCUT2D eigenvalue weighted by Gasteiger charge is -2.11. The number of fused-ring (bicyclic) bond motifs is 2. The zero-order valence-electron chi connectivity index (χ0n) is 21.2. The van der Waals surface area contributed by atoms with E-state index in [0.29, 0.717) is 19.0 Å². The maximum atomic E-state index is 12.1. The molecule has 36 heavy (non-hydrogen) atoms. The van der Waals surface area contributed by atoms with E-state index in [1.165, 1.54) is 11.1 Å². The number of benzene rings is 3. The van der Waals surface area contributed by atoms with Crippen molar-refractivity contribution in [2.24, 2.45) is 5.73 Å². The summed E-state index contributed by atoms with van der Waals surface area (Å²) in [5.41, 5.74) is 14.0. The molecule has 3 aromatic carbocycles. The maximum Gasteiger partial charge on any atom is 0.310 e. The monoisotopic (exact) mass is 483 g/mol. The molecular formula is C30H33N3O3. The third-order valence-electron chi connectivity index (χ3n) is 6.85. The van der Waals surface area contributed by atoms with E-state index >= 15 is 0 Å². The van der Waals surface area contributed by atoms with Gasteiger partial charge in [-0.3, -0.25) is 9.48 Å². The number of aryl methyl sites for hydroxylation is 1. The summed E-state index contributed by atoms with van der Waals surface area (Å²) < 4.78 is 13.4. The minimum atomic E-state index is -0.262.